The molecule has 0 aromatic heterocycles. The summed E-state index contributed by atoms with van der Waals surface area (Å²) in [5, 5.41) is 10.6. The van der Waals surface area contributed by atoms with Crippen molar-refractivity contribution in [1.82, 2.24) is 5.32 Å². The van der Waals surface area contributed by atoms with Gasteiger partial charge in [0.15, 0.2) is 0 Å². The number of likely N-dealkylation sites (N-methyl/N-ethyl adjacent to an activating group) is 1. The zero-order chi connectivity index (χ0) is 9.11. The second-order valence-corrected chi connectivity index (χ2v) is 1.70. The van der Waals surface area contributed by atoms with Crippen molar-refractivity contribution in [3.8, 4) is 0 Å². The van der Waals surface area contributed by atoms with Crippen molar-refractivity contribution in [3.05, 3.63) is 12.7 Å². The van der Waals surface area contributed by atoms with Crippen LogP contribution >= 0.6 is 0 Å². The number of nitrogens with one attached hydrogen (secondary N) is 1. The molecule has 0 saturated heterocycles. The van der Waals surface area contributed by atoms with Crippen molar-refractivity contribution in [2.24, 2.45) is 5.73 Å². The van der Waals surface area contributed by atoms with Crippen molar-refractivity contribution < 1.29 is 9.90 Å². The summed E-state index contributed by atoms with van der Waals surface area (Å²) in [6.45, 7) is 6.58. The maximum Gasteiger partial charge on any atom is 0.317 e. The van der Waals surface area contributed by atoms with Crippen LogP contribution in [0, 0.1) is 0 Å². The van der Waals surface area contributed by atoms with Crippen LogP contribution in [-0.4, -0.2) is 30.7 Å². The molecule has 0 aliphatic heterocycles. The van der Waals surface area contributed by atoms with Gasteiger partial charge >= 0.3 is 5.97 Å². The van der Waals surface area contributed by atoms with E-state index < -0.39 is 5.97 Å². The van der Waals surface area contributed by atoms with Gasteiger partial charge in [-0.15, -0.1) is 6.58 Å². The van der Waals surface area contributed by atoms with E-state index in [1.807, 2.05) is 6.92 Å². The van der Waals surface area contributed by atoms with Crippen LogP contribution in [0.4, 0.5) is 0 Å². The van der Waals surface area contributed by atoms with Crippen LogP contribution in [0.2, 0.25) is 0 Å². The molecular formula is C7H16N2O2. The fourth-order valence-electron chi connectivity index (χ4n) is 0.232. The number of rotatable bonds is 4. The second kappa shape index (κ2) is 11.9. The molecule has 0 aromatic rings. The van der Waals surface area contributed by atoms with E-state index in [2.05, 4.69) is 11.9 Å². The van der Waals surface area contributed by atoms with Gasteiger partial charge in [0.25, 0.3) is 0 Å². The molecule has 0 radical (unpaired) electrons. The van der Waals surface area contributed by atoms with Gasteiger partial charge in [0.1, 0.15) is 0 Å². The molecule has 0 saturated carbocycles. The highest BCUT2D eigenvalue weighted by molar-refractivity contribution is 5.68. The fourth-order valence-corrected chi connectivity index (χ4v) is 0.232. The van der Waals surface area contributed by atoms with Gasteiger partial charge in [0.2, 0.25) is 0 Å². The SMILES string of the molecule is C=CCN.CCNCC(=O)O. The van der Waals surface area contributed by atoms with E-state index in [1.165, 1.54) is 0 Å². The number of carboxylic acid groups (broad SMARTS) is 1. The van der Waals surface area contributed by atoms with Gasteiger partial charge in [-0.25, -0.2) is 0 Å². The Morgan fingerprint density at radius 3 is 2.36 bits per heavy atom. The average Bonchev–Trinajstić information content (AvgIpc) is 2.01. The zero-order valence-corrected chi connectivity index (χ0v) is 6.84. The van der Waals surface area contributed by atoms with E-state index in [1.54, 1.807) is 6.08 Å². The lowest BCUT2D eigenvalue weighted by molar-refractivity contribution is -0.135. The van der Waals surface area contributed by atoms with E-state index in [4.69, 9.17) is 10.8 Å². The summed E-state index contributed by atoms with van der Waals surface area (Å²) in [4.78, 5) is 9.70. The summed E-state index contributed by atoms with van der Waals surface area (Å²) in [7, 11) is 0. The van der Waals surface area contributed by atoms with Crippen LogP contribution in [0.15, 0.2) is 12.7 Å². The molecule has 66 valence electrons. The first-order valence-electron chi connectivity index (χ1n) is 3.42. The quantitative estimate of drug-likeness (QED) is 0.498. The molecule has 4 heteroatoms. The lowest BCUT2D eigenvalue weighted by Crippen LogP contribution is -2.21. The van der Waals surface area contributed by atoms with Crippen molar-refractivity contribution in [2.75, 3.05) is 19.6 Å². The van der Waals surface area contributed by atoms with Gasteiger partial charge in [-0.1, -0.05) is 13.0 Å². The van der Waals surface area contributed by atoms with Crippen LogP contribution in [0.5, 0.6) is 0 Å². The molecule has 0 aromatic carbocycles. The molecule has 0 heterocycles. The molecule has 4 N–H and O–H groups in total. The molecule has 0 atom stereocenters. The smallest absolute Gasteiger partial charge is 0.317 e. The summed E-state index contributed by atoms with van der Waals surface area (Å²) >= 11 is 0. The van der Waals surface area contributed by atoms with E-state index >= 15 is 0 Å². The summed E-state index contributed by atoms with van der Waals surface area (Å²) in [6, 6.07) is 0. The van der Waals surface area contributed by atoms with Gasteiger partial charge in [0, 0.05) is 6.54 Å². The number of hydrogen-bond acceptors (Lipinski definition) is 3. The van der Waals surface area contributed by atoms with E-state index in [9.17, 15) is 4.79 Å². The third-order valence-corrected chi connectivity index (χ3v) is 0.693. The number of carbonyl (C=O) groups is 1. The molecule has 0 spiro atoms. The van der Waals surface area contributed by atoms with Crippen LogP contribution in [-0.2, 0) is 4.79 Å². The fraction of sp³-hybridized carbons (Fsp3) is 0.571. The van der Waals surface area contributed by atoms with Crippen molar-refractivity contribution in [3.63, 3.8) is 0 Å². The molecule has 0 aliphatic rings. The van der Waals surface area contributed by atoms with Gasteiger partial charge in [-0.2, -0.15) is 0 Å². The summed E-state index contributed by atoms with van der Waals surface area (Å²) in [5.74, 6) is -0.804. The van der Waals surface area contributed by atoms with Gasteiger partial charge in [0.05, 0.1) is 6.54 Å². The first kappa shape index (κ1) is 12.8. The Morgan fingerprint density at radius 2 is 2.27 bits per heavy atom. The van der Waals surface area contributed by atoms with E-state index in [-0.39, 0.29) is 6.54 Å². The number of nitrogens with two attached hydrogens (primary N) is 1. The Morgan fingerprint density at radius 1 is 1.82 bits per heavy atom. The van der Waals surface area contributed by atoms with Crippen molar-refractivity contribution in [1.29, 1.82) is 0 Å². The Kier molecular flexibility index (Phi) is 13.8. The Labute approximate surface area is 67.1 Å². The second-order valence-electron chi connectivity index (χ2n) is 1.70. The Bertz CT molecular complexity index is 105. The lowest BCUT2D eigenvalue weighted by Gasteiger charge is -1.90. The molecule has 11 heavy (non-hydrogen) atoms. The summed E-state index contributed by atoms with van der Waals surface area (Å²) < 4.78 is 0. The largest absolute Gasteiger partial charge is 0.480 e. The predicted molar refractivity (Wildman–Crippen MR) is 45.4 cm³/mol. The molecule has 0 rings (SSSR count). The molecular weight excluding hydrogens is 144 g/mol. The first-order chi connectivity index (χ1) is 5.18. The van der Waals surface area contributed by atoms with Crippen LogP contribution in [0.1, 0.15) is 6.92 Å². The molecule has 0 unspecified atom stereocenters. The van der Waals surface area contributed by atoms with Gasteiger partial charge < -0.3 is 16.2 Å². The highest BCUT2D eigenvalue weighted by atomic mass is 16.4. The standard InChI is InChI=1S/C4H9NO2.C3H7N/c1-2-5-3-4(6)7;1-2-3-4/h5H,2-3H2,1H3,(H,6,7);2H,1,3-4H2. The van der Waals surface area contributed by atoms with Gasteiger partial charge in [-0.3, -0.25) is 4.79 Å². The average molecular weight is 160 g/mol. The minimum Gasteiger partial charge on any atom is -0.480 e. The third kappa shape index (κ3) is 27.2. The van der Waals surface area contributed by atoms with Crippen LogP contribution < -0.4 is 11.1 Å². The molecule has 0 bridgehead atoms. The number of hydrogen-bond donors (Lipinski definition) is 3. The Balaban J connectivity index is 0. The summed E-state index contributed by atoms with van der Waals surface area (Å²) in [5.41, 5.74) is 4.91. The number of aliphatic carboxylic acids is 1. The van der Waals surface area contributed by atoms with Crippen molar-refractivity contribution >= 4 is 5.97 Å². The zero-order valence-electron chi connectivity index (χ0n) is 6.84. The van der Waals surface area contributed by atoms with Crippen molar-refractivity contribution in [2.45, 2.75) is 6.92 Å². The normalized spacial score (nSPS) is 7.82. The van der Waals surface area contributed by atoms with Crippen LogP contribution in [0.25, 0.3) is 0 Å². The van der Waals surface area contributed by atoms with Gasteiger partial charge in [-0.05, 0) is 6.54 Å². The maximum absolute atomic E-state index is 9.70. The summed E-state index contributed by atoms with van der Waals surface area (Å²) in [6.07, 6.45) is 1.65. The molecule has 0 aliphatic carbocycles. The topological polar surface area (TPSA) is 75.3 Å². The third-order valence-electron chi connectivity index (χ3n) is 0.693. The lowest BCUT2D eigenvalue weighted by atomic mass is 10.6. The minimum atomic E-state index is -0.804. The predicted octanol–water partition coefficient (Wildman–Crippen LogP) is -0.188. The minimum absolute atomic E-state index is 0.0660. The van der Waals surface area contributed by atoms with Crippen LogP contribution in [0.3, 0.4) is 0 Å². The van der Waals surface area contributed by atoms with E-state index in [0.29, 0.717) is 13.1 Å². The maximum atomic E-state index is 9.70. The highest BCUT2D eigenvalue weighted by Crippen LogP contribution is 1.56. The molecule has 0 fully saturated rings. The van der Waals surface area contributed by atoms with E-state index in [0.717, 1.165) is 0 Å². The number of carboxylic acids is 1. The molecule has 4 nitrogen and oxygen atoms in total. The Hall–Kier alpha value is -0.870. The highest BCUT2D eigenvalue weighted by Gasteiger charge is 1.88. The molecule has 0 amide bonds. The monoisotopic (exact) mass is 160 g/mol. The first-order valence-corrected chi connectivity index (χ1v) is 3.42.